The quantitative estimate of drug-likeness (QED) is 0.133. The Morgan fingerprint density at radius 2 is 2.08 bits per heavy atom. The number of nitrogens with zero attached hydrogens (tertiary/aromatic N) is 3. The number of halogens is 1. The molecule has 3 aromatic rings. The zero-order valence-electron chi connectivity index (χ0n) is 20.6. The van der Waals surface area contributed by atoms with Crippen LogP contribution in [0.25, 0.3) is 11.2 Å². The molecule has 0 saturated carbocycles. The second kappa shape index (κ2) is 13.8. The molecule has 0 aliphatic carbocycles. The number of methoxy groups -OCH3 is 1. The number of ether oxygens (including phenoxy) is 4. The normalized spacial score (nSPS) is 12.1. The second-order valence-corrected chi connectivity index (χ2v) is 9.46. The van der Waals surface area contributed by atoms with Gasteiger partial charge >= 0.3 is 6.16 Å². The summed E-state index contributed by atoms with van der Waals surface area (Å²) in [5, 5.41) is 0. The number of H-pyrrole nitrogens is 1. The predicted octanol–water partition coefficient (Wildman–Crippen LogP) is 3.14. The molecular formula is C22H29FN5O8P. The monoisotopic (exact) mass is 541 g/mol. The van der Waals surface area contributed by atoms with E-state index in [-0.39, 0.29) is 49.3 Å². The molecule has 2 heterocycles. The van der Waals surface area contributed by atoms with Gasteiger partial charge in [0.15, 0.2) is 22.7 Å². The molecule has 15 heteroatoms. The van der Waals surface area contributed by atoms with E-state index in [1.807, 2.05) is 13.8 Å². The van der Waals surface area contributed by atoms with Gasteiger partial charge in [-0.1, -0.05) is 19.9 Å². The van der Waals surface area contributed by atoms with Gasteiger partial charge in [0.2, 0.25) is 21.1 Å². The number of nitrogen functional groups attached to an aromatic ring is 1. The van der Waals surface area contributed by atoms with E-state index in [2.05, 4.69) is 15.0 Å². The van der Waals surface area contributed by atoms with Crippen molar-refractivity contribution in [3.05, 3.63) is 46.3 Å². The van der Waals surface area contributed by atoms with Crippen LogP contribution in [-0.2, 0) is 36.4 Å². The van der Waals surface area contributed by atoms with Crippen LogP contribution >= 0.6 is 8.38 Å². The summed E-state index contributed by atoms with van der Waals surface area (Å²) >= 11 is 0. The minimum Gasteiger partial charge on any atom is -0.494 e. The number of carbonyl (C=O) groups excluding carboxylic acids is 1. The third kappa shape index (κ3) is 8.64. The average molecular weight is 541 g/mol. The molecule has 0 amide bonds. The van der Waals surface area contributed by atoms with Crippen molar-refractivity contribution in [1.82, 2.24) is 19.5 Å². The Bertz CT molecular complexity index is 1240. The highest BCUT2D eigenvalue weighted by atomic mass is 31.2. The fourth-order valence-corrected chi connectivity index (χ4v) is 3.87. The van der Waals surface area contributed by atoms with E-state index in [0.717, 1.165) is 0 Å². The number of carbonyl (C=O) groups is 1. The summed E-state index contributed by atoms with van der Waals surface area (Å²) in [6.45, 7) is 4.12. The molecule has 0 saturated heterocycles. The molecule has 0 radical (unpaired) electrons. The lowest BCUT2D eigenvalue weighted by atomic mass is 10.2. The third-order valence-corrected chi connectivity index (χ3v) is 5.87. The number of aromatic nitrogens is 4. The van der Waals surface area contributed by atoms with Crippen LogP contribution < -0.4 is 16.0 Å². The van der Waals surface area contributed by atoms with Crippen LogP contribution in [0.4, 0.5) is 15.1 Å². The van der Waals surface area contributed by atoms with E-state index in [0.29, 0.717) is 17.8 Å². The van der Waals surface area contributed by atoms with Crippen molar-refractivity contribution in [2.75, 3.05) is 39.2 Å². The first-order chi connectivity index (χ1) is 17.8. The first-order valence-electron chi connectivity index (χ1n) is 11.2. The Kier molecular flexibility index (Phi) is 10.6. The molecule has 0 aliphatic heterocycles. The Balaban J connectivity index is 1.53. The molecule has 0 fully saturated rings. The lowest BCUT2D eigenvalue weighted by Gasteiger charge is -2.18. The van der Waals surface area contributed by atoms with Crippen molar-refractivity contribution in [3.8, 4) is 5.75 Å². The number of hydrogen-bond acceptors (Lipinski definition) is 11. The molecule has 1 aromatic carbocycles. The molecule has 3 N–H and O–H groups in total. The largest absolute Gasteiger partial charge is 0.510 e. The Hall–Kier alpha value is -3.32. The second-order valence-electron chi connectivity index (χ2n) is 8.02. The number of imidazole rings is 1. The lowest BCUT2D eigenvalue weighted by molar-refractivity contribution is -0.00337. The molecule has 0 spiro atoms. The van der Waals surface area contributed by atoms with Crippen LogP contribution in [0.1, 0.15) is 19.4 Å². The number of benzene rings is 1. The highest BCUT2D eigenvalue weighted by Gasteiger charge is 2.16. The van der Waals surface area contributed by atoms with Crippen LogP contribution in [0.15, 0.2) is 29.3 Å². The zero-order chi connectivity index (χ0) is 26.8. The summed E-state index contributed by atoms with van der Waals surface area (Å²) < 4.78 is 47.4. The van der Waals surface area contributed by atoms with Crippen molar-refractivity contribution < 1.29 is 37.2 Å². The van der Waals surface area contributed by atoms with Crippen molar-refractivity contribution in [2.24, 2.45) is 5.92 Å². The maximum absolute atomic E-state index is 14.0. The molecule has 202 valence electrons. The summed E-state index contributed by atoms with van der Waals surface area (Å²) in [4.78, 5) is 34.1. The lowest BCUT2D eigenvalue weighted by Crippen LogP contribution is -2.14. The highest BCUT2D eigenvalue weighted by molar-refractivity contribution is 7.46. The molecule has 1 atom stereocenters. The minimum absolute atomic E-state index is 0.0150. The Labute approximate surface area is 212 Å². The van der Waals surface area contributed by atoms with Gasteiger partial charge in [-0.3, -0.25) is 14.3 Å². The molecule has 3 rings (SSSR count). The van der Waals surface area contributed by atoms with Crippen molar-refractivity contribution in [1.29, 1.82) is 0 Å². The topological polar surface area (TPSA) is 162 Å². The van der Waals surface area contributed by atoms with E-state index in [1.165, 1.54) is 25.6 Å². The molecule has 37 heavy (non-hydrogen) atoms. The average Bonchev–Trinajstić information content (AvgIpc) is 3.26. The van der Waals surface area contributed by atoms with Gasteiger partial charge in [-0.2, -0.15) is 4.98 Å². The number of nitrogens with one attached hydrogen (secondary N) is 1. The summed E-state index contributed by atoms with van der Waals surface area (Å²) in [6.07, 6.45) is 0.608. The van der Waals surface area contributed by atoms with E-state index in [9.17, 15) is 14.0 Å². The van der Waals surface area contributed by atoms with E-state index in [1.54, 1.807) is 10.6 Å². The van der Waals surface area contributed by atoms with E-state index < -0.39 is 32.7 Å². The van der Waals surface area contributed by atoms with Gasteiger partial charge in [-0.25, -0.2) is 14.2 Å². The van der Waals surface area contributed by atoms with Gasteiger partial charge < -0.3 is 33.8 Å². The molecule has 2 aromatic heterocycles. The standard InChI is InChI=1S/C22H29FN5O8P/c1-14(2)9-33-22(30)34-12-36-37(35-10-15-4-5-17(31-3)16(23)8-15)13-32-7-6-28-11-25-18-19(28)26-21(24)27-20(18)29/h4-5,8,11,14H,6-7,9-10,12-13H2,1-3H3,(H3,24,26,27,29). The van der Waals surface area contributed by atoms with Crippen LogP contribution in [0, 0.1) is 11.7 Å². The molecule has 0 bridgehead atoms. The fraction of sp³-hybridized carbons (Fsp3) is 0.455. The van der Waals surface area contributed by atoms with Gasteiger partial charge in [0, 0.05) is 6.54 Å². The van der Waals surface area contributed by atoms with Crippen LogP contribution in [0.5, 0.6) is 5.75 Å². The Morgan fingerprint density at radius 1 is 1.27 bits per heavy atom. The molecular weight excluding hydrogens is 512 g/mol. The van der Waals surface area contributed by atoms with Crippen LogP contribution in [0.2, 0.25) is 0 Å². The maximum Gasteiger partial charge on any atom is 0.510 e. The summed E-state index contributed by atoms with van der Waals surface area (Å²) in [6, 6.07) is 4.43. The van der Waals surface area contributed by atoms with Crippen LogP contribution in [0.3, 0.4) is 0 Å². The number of nitrogens with two attached hydrogens (primary N) is 1. The molecule has 13 nitrogen and oxygen atoms in total. The predicted molar refractivity (Wildman–Crippen MR) is 131 cm³/mol. The number of rotatable bonds is 14. The fourth-order valence-electron chi connectivity index (χ4n) is 2.90. The van der Waals surface area contributed by atoms with Gasteiger partial charge in [0.25, 0.3) is 5.56 Å². The van der Waals surface area contributed by atoms with Crippen molar-refractivity contribution >= 4 is 31.6 Å². The molecule has 0 aliphatic rings. The van der Waals surface area contributed by atoms with Gasteiger partial charge in [0.1, 0.15) is 6.35 Å². The number of aromatic amines is 1. The minimum atomic E-state index is -1.70. The van der Waals surface area contributed by atoms with Crippen molar-refractivity contribution in [2.45, 2.75) is 27.0 Å². The number of fused-ring (bicyclic) bond motifs is 1. The summed E-state index contributed by atoms with van der Waals surface area (Å²) in [5.41, 5.74) is 6.21. The van der Waals surface area contributed by atoms with Gasteiger partial charge in [-0.15, -0.1) is 0 Å². The Morgan fingerprint density at radius 3 is 2.81 bits per heavy atom. The smallest absolute Gasteiger partial charge is 0.494 e. The van der Waals surface area contributed by atoms with E-state index in [4.69, 9.17) is 33.7 Å². The third-order valence-electron chi connectivity index (χ3n) is 4.67. The van der Waals surface area contributed by atoms with Crippen molar-refractivity contribution in [3.63, 3.8) is 0 Å². The van der Waals surface area contributed by atoms with Crippen LogP contribution in [-0.4, -0.2) is 59.1 Å². The number of hydrogen-bond donors (Lipinski definition) is 2. The number of anilines is 1. The van der Waals surface area contributed by atoms with E-state index >= 15 is 0 Å². The maximum atomic E-state index is 14.0. The molecule has 1 unspecified atom stereocenters. The first-order valence-corrected chi connectivity index (χ1v) is 12.6. The van der Waals surface area contributed by atoms with Gasteiger partial charge in [0.05, 0.1) is 33.3 Å². The van der Waals surface area contributed by atoms with Gasteiger partial charge in [-0.05, 0) is 23.6 Å². The highest BCUT2D eigenvalue weighted by Crippen LogP contribution is 2.39. The summed E-state index contributed by atoms with van der Waals surface area (Å²) in [5.74, 6) is -0.275. The zero-order valence-corrected chi connectivity index (χ0v) is 21.5. The first kappa shape index (κ1) is 28.3. The summed E-state index contributed by atoms with van der Waals surface area (Å²) in [7, 11) is -0.320. The SMILES string of the molecule is COc1ccc(COP(COCCn2cnc3c(=O)[nH]c(N)nc32)OCOC(=O)OCC(C)C)cc1F.